The van der Waals surface area contributed by atoms with Gasteiger partial charge in [-0.3, -0.25) is 0 Å². The number of halogens is 8. The maximum absolute atomic E-state index is 13.1. The second-order valence-electron chi connectivity index (χ2n) is 4.92. The fourth-order valence-corrected chi connectivity index (χ4v) is 2.36. The molecule has 0 aliphatic heterocycles. The topological polar surface area (TPSA) is 69.2 Å². The Morgan fingerprint density at radius 2 is 1.79 bits per heavy atom. The van der Waals surface area contributed by atoms with Crippen molar-refractivity contribution in [3.05, 3.63) is 21.3 Å². The van der Waals surface area contributed by atoms with Crippen LogP contribution in [0.15, 0.2) is 17.2 Å². The summed E-state index contributed by atoms with van der Waals surface area (Å²) in [5.41, 5.74) is 0.509. The molecule has 28 heavy (non-hydrogen) atoms. The molecule has 0 aliphatic carbocycles. The van der Waals surface area contributed by atoms with Crippen LogP contribution in [0.3, 0.4) is 0 Å². The lowest BCUT2D eigenvalue weighted by Crippen LogP contribution is -2.58. The zero-order valence-corrected chi connectivity index (χ0v) is 16.2. The summed E-state index contributed by atoms with van der Waals surface area (Å²) in [5, 5.41) is 2.75. The fraction of sp³-hybridized carbons (Fsp3) is 0.429. The van der Waals surface area contributed by atoms with Gasteiger partial charge in [0.1, 0.15) is 0 Å². The molecule has 0 saturated carbocycles. The van der Waals surface area contributed by atoms with Gasteiger partial charge in [0, 0.05) is 0 Å². The van der Waals surface area contributed by atoms with Gasteiger partial charge in [-0.05, 0) is 40.3 Å². The van der Waals surface area contributed by atoms with E-state index < -0.39 is 30.7 Å². The standard InChI is InChI=1S/C14H12F7IN2O4/c1-26-9-4-7(3-8(22)11(9)28-6-10(25)27-2)5-23-24-14(20,21)12(15,16)13(17,18)19/h3-5,24H,6H2,1-2H3/b23-5+. The van der Waals surface area contributed by atoms with Crippen LogP contribution in [0.4, 0.5) is 30.7 Å². The van der Waals surface area contributed by atoms with E-state index in [1.54, 1.807) is 22.6 Å². The first-order chi connectivity index (χ1) is 12.8. The van der Waals surface area contributed by atoms with E-state index in [1.165, 1.54) is 19.2 Å². The van der Waals surface area contributed by atoms with E-state index in [0.29, 0.717) is 15.2 Å². The number of hydrogen-bond donors (Lipinski definition) is 1. The normalized spacial score (nSPS) is 12.8. The number of nitrogens with one attached hydrogen (secondary N) is 1. The largest absolute Gasteiger partial charge is 0.493 e. The van der Waals surface area contributed by atoms with Crippen molar-refractivity contribution in [1.29, 1.82) is 0 Å². The number of rotatable bonds is 8. The highest BCUT2D eigenvalue weighted by Gasteiger charge is 2.73. The van der Waals surface area contributed by atoms with Crippen LogP contribution in [0.1, 0.15) is 5.56 Å². The maximum Gasteiger partial charge on any atom is 0.462 e. The van der Waals surface area contributed by atoms with Crippen LogP contribution in [0.2, 0.25) is 0 Å². The Labute approximate surface area is 167 Å². The molecule has 0 atom stereocenters. The summed E-state index contributed by atoms with van der Waals surface area (Å²) in [6, 6.07) is -3.25. The van der Waals surface area contributed by atoms with Crippen LogP contribution >= 0.6 is 22.6 Å². The Bertz CT molecular complexity index is 741. The fourth-order valence-electron chi connectivity index (χ4n) is 1.58. The van der Waals surface area contributed by atoms with Crippen molar-refractivity contribution in [3.8, 4) is 11.5 Å². The first-order valence-corrected chi connectivity index (χ1v) is 8.04. The van der Waals surface area contributed by atoms with E-state index in [1.807, 2.05) is 0 Å². The van der Waals surface area contributed by atoms with E-state index >= 15 is 0 Å². The summed E-state index contributed by atoms with van der Waals surface area (Å²) < 4.78 is 103. The third kappa shape index (κ3) is 5.51. The van der Waals surface area contributed by atoms with Gasteiger partial charge < -0.3 is 14.2 Å². The summed E-state index contributed by atoms with van der Waals surface area (Å²) >= 11 is 1.73. The molecule has 0 spiro atoms. The molecule has 14 heteroatoms. The van der Waals surface area contributed by atoms with Crippen LogP contribution in [-0.4, -0.2) is 51.2 Å². The van der Waals surface area contributed by atoms with Gasteiger partial charge in [-0.25, -0.2) is 10.2 Å². The average Bonchev–Trinajstić information content (AvgIpc) is 2.58. The Morgan fingerprint density at radius 3 is 2.29 bits per heavy atom. The molecule has 0 bridgehead atoms. The first-order valence-electron chi connectivity index (χ1n) is 6.96. The highest BCUT2D eigenvalue weighted by Crippen LogP contribution is 2.45. The molecule has 1 N–H and O–H groups in total. The summed E-state index contributed by atoms with van der Waals surface area (Å²) in [6.45, 7) is -0.462. The van der Waals surface area contributed by atoms with E-state index in [-0.39, 0.29) is 17.1 Å². The number of esters is 1. The van der Waals surface area contributed by atoms with Gasteiger partial charge in [-0.2, -0.15) is 35.8 Å². The summed E-state index contributed by atoms with van der Waals surface area (Å²) in [7, 11) is 2.35. The van der Waals surface area contributed by atoms with Gasteiger partial charge in [0.15, 0.2) is 18.1 Å². The molecule has 0 radical (unpaired) electrons. The lowest BCUT2D eigenvalue weighted by molar-refractivity contribution is -0.361. The van der Waals surface area contributed by atoms with Crippen molar-refractivity contribution in [2.45, 2.75) is 18.1 Å². The third-order valence-electron chi connectivity index (χ3n) is 2.98. The molecule has 0 heterocycles. The molecule has 0 aliphatic rings. The minimum atomic E-state index is -6.48. The highest BCUT2D eigenvalue weighted by molar-refractivity contribution is 14.1. The number of ether oxygens (including phenoxy) is 3. The smallest absolute Gasteiger partial charge is 0.462 e. The molecule has 0 saturated heterocycles. The third-order valence-corrected chi connectivity index (χ3v) is 3.78. The number of nitrogens with zero attached hydrogens (tertiary/aromatic N) is 1. The van der Waals surface area contributed by atoms with Crippen molar-refractivity contribution in [1.82, 2.24) is 5.43 Å². The molecule has 1 aromatic carbocycles. The predicted octanol–water partition coefficient (Wildman–Crippen LogP) is 3.57. The molecule has 1 rings (SSSR count). The van der Waals surface area contributed by atoms with Crippen LogP contribution in [-0.2, 0) is 9.53 Å². The van der Waals surface area contributed by atoms with Crippen molar-refractivity contribution < 1.29 is 49.7 Å². The summed E-state index contributed by atoms with van der Waals surface area (Å²) in [4.78, 5) is 11.1. The Hall–Kier alpha value is -2.00. The number of carbonyl (C=O) groups is 1. The first kappa shape index (κ1) is 24.0. The van der Waals surface area contributed by atoms with Gasteiger partial charge >= 0.3 is 24.1 Å². The zero-order chi connectivity index (χ0) is 21.8. The van der Waals surface area contributed by atoms with Gasteiger partial charge in [-0.1, -0.05) is 0 Å². The molecule has 6 nitrogen and oxygen atoms in total. The SMILES string of the molecule is COC(=O)COc1c(I)cc(/C=N/NC(F)(F)C(F)(F)C(F)(F)F)cc1OC. The number of methoxy groups -OCH3 is 2. The number of alkyl halides is 7. The quantitative estimate of drug-likeness (QED) is 0.139. The Balaban J connectivity index is 3.01. The van der Waals surface area contributed by atoms with E-state index in [0.717, 1.165) is 7.11 Å². The molecule has 0 aromatic heterocycles. The van der Waals surface area contributed by atoms with E-state index in [9.17, 15) is 35.5 Å². The molecular weight excluding hydrogens is 520 g/mol. The zero-order valence-electron chi connectivity index (χ0n) is 14.0. The summed E-state index contributed by atoms with van der Waals surface area (Å²) in [5.74, 6) is -6.92. The van der Waals surface area contributed by atoms with Crippen LogP contribution in [0, 0.1) is 3.57 Å². The van der Waals surface area contributed by atoms with Gasteiger partial charge in [0.2, 0.25) is 0 Å². The lowest BCUT2D eigenvalue weighted by Gasteiger charge is -2.27. The molecule has 0 unspecified atom stereocenters. The molecule has 0 fully saturated rings. The lowest BCUT2D eigenvalue weighted by atomic mass is 10.2. The van der Waals surface area contributed by atoms with Gasteiger partial charge in [0.05, 0.1) is 24.0 Å². The second kappa shape index (κ2) is 9.00. The average molecular weight is 532 g/mol. The van der Waals surface area contributed by atoms with Gasteiger partial charge in [-0.15, -0.1) is 0 Å². The Kier molecular flexibility index (Phi) is 7.73. The van der Waals surface area contributed by atoms with Crippen molar-refractivity contribution in [2.24, 2.45) is 5.10 Å². The summed E-state index contributed by atoms with van der Waals surface area (Å²) in [6.07, 6.45) is -5.90. The second-order valence-corrected chi connectivity index (χ2v) is 6.08. The molecule has 0 amide bonds. The monoisotopic (exact) mass is 532 g/mol. The number of carbonyl (C=O) groups excluding carboxylic acids is 1. The highest BCUT2D eigenvalue weighted by atomic mass is 127. The van der Waals surface area contributed by atoms with Crippen molar-refractivity contribution in [2.75, 3.05) is 20.8 Å². The van der Waals surface area contributed by atoms with Crippen LogP contribution in [0.25, 0.3) is 0 Å². The van der Waals surface area contributed by atoms with Crippen molar-refractivity contribution in [3.63, 3.8) is 0 Å². The number of benzene rings is 1. The molecular formula is C14H12F7IN2O4. The predicted molar refractivity (Wildman–Crippen MR) is 89.9 cm³/mol. The van der Waals surface area contributed by atoms with Crippen molar-refractivity contribution >= 4 is 34.8 Å². The maximum atomic E-state index is 13.1. The number of hydrogen-bond acceptors (Lipinski definition) is 6. The van der Waals surface area contributed by atoms with Crippen LogP contribution in [0.5, 0.6) is 11.5 Å². The minimum absolute atomic E-state index is 0.00490. The molecule has 158 valence electrons. The van der Waals surface area contributed by atoms with Gasteiger partial charge in [0.25, 0.3) is 0 Å². The Morgan fingerprint density at radius 1 is 1.18 bits per heavy atom. The van der Waals surface area contributed by atoms with E-state index in [2.05, 4.69) is 9.84 Å². The van der Waals surface area contributed by atoms with Crippen LogP contribution < -0.4 is 14.9 Å². The molecule has 1 aromatic rings. The minimum Gasteiger partial charge on any atom is -0.493 e. The van der Waals surface area contributed by atoms with E-state index in [4.69, 9.17) is 9.47 Å². The number of hydrazone groups is 1.